The number of hydrogen-bond donors (Lipinski definition) is 0. The summed E-state index contributed by atoms with van der Waals surface area (Å²) in [7, 11) is 0. The Balaban J connectivity index is 2.53. The molecule has 0 aliphatic heterocycles. The molecule has 0 aromatic heterocycles. The molecule has 0 bridgehead atoms. The fraction of sp³-hybridized carbons (Fsp3) is 0.467. The zero-order valence-corrected chi connectivity index (χ0v) is 10.9. The van der Waals surface area contributed by atoms with Crippen LogP contribution in [0.1, 0.15) is 30.0 Å². The minimum atomic E-state index is 0.578. The minimum Gasteiger partial charge on any atom is -0.491 e. The molecule has 0 atom stereocenters. The van der Waals surface area contributed by atoms with Gasteiger partial charge in [0, 0.05) is 12.2 Å². The minimum absolute atomic E-state index is 0.578. The largest absolute Gasteiger partial charge is 0.491 e. The third kappa shape index (κ3) is 4.13. The molecule has 92 valence electrons. The van der Waals surface area contributed by atoms with Gasteiger partial charge in [0.2, 0.25) is 0 Å². The Bertz CT molecular complexity index is 379. The fourth-order valence-electron chi connectivity index (χ4n) is 1.70. The van der Waals surface area contributed by atoms with Crippen LogP contribution in [0.15, 0.2) is 12.1 Å². The molecule has 0 aliphatic rings. The Kier molecular flexibility index (Phi) is 5.59. The van der Waals surface area contributed by atoms with Crippen LogP contribution in [0.25, 0.3) is 0 Å². The van der Waals surface area contributed by atoms with Gasteiger partial charge in [0.15, 0.2) is 0 Å². The van der Waals surface area contributed by atoms with Crippen LogP contribution in [0.5, 0.6) is 5.75 Å². The molecule has 1 aromatic carbocycles. The quantitative estimate of drug-likeness (QED) is 0.554. The smallest absolute Gasteiger partial charge is 0.120 e. The lowest BCUT2D eigenvalue weighted by atomic mass is 10.0. The molecule has 0 unspecified atom stereocenters. The molecular formula is C15H20O2. The van der Waals surface area contributed by atoms with E-state index >= 15 is 0 Å². The second-order valence-electron chi connectivity index (χ2n) is 4.04. The molecule has 0 fully saturated rings. The van der Waals surface area contributed by atoms with Crippen LogP contribution in [-0.2, 0) is 4.74 Å². The Morgan fingerprint density at radius 2 is 1.76 bits per heavy atom. The SMILES string of the molecule is C#Cc1c(C)cc(OCCOCCC)cc1C. The van der Waals surface area contributed by atoms with Crippen LogP contribution in [0.3, 0.4) is 0 Å². The lowest BCUT2D eigenvalue weighted by Crippen LogP contribution is -2.07. The zero-order valence-electron chi connectivity index (χ0n) is 10.9. The van der Waals surface area contributed by atoms with Gasteiger partial charge < -0.3 is 9.47 Å². The van der Waals surface area contributed by atoms with E-state index in [0.29, 0.717) is 13.2 Å². The van der Waals surface area contributed by atoms with Crippen molar-refractivity contribution < 1.29 is 9.47 Å². The molecule has 0 radical (unpaired) electrons. The lowest BCUT2D eigenvalue weighted by Gasteiger charge is -2.10. The normalized spacial score (nSPS) is 10.0. The van der Waals surface area contributed by atoms with E-state index < -0.39 is 0 Å². The Hall–Kier alpha value is -1.46. The third-order valence-electron chi connectivity index (χ3n) is 2.50. The summed E-state index contributed by atoms with van der Waals surface area (Å²) in [5.74, 6) is 3.55. The van der Waals surface area contributed by atoms with Crippen molar-refractivity contribution in [1.29, 1.82) is 0 Å². The molecule has 0 amide bonds. The summed E-state index contributed by atoms with van der Waals surface area (Å²) in [6.45, 7) is 8.09. The molecule has 17 heavy (non-hydrogen) atoms. The summed E-state index contributed by atoms with van der Waals surface area (Å²) in [5.41, 5.74) is 3.12. The summed E-state index contributed by atoms with van der Waals surface area (Å²) in [6, 6.07) is 3.95. The van der Waals surface area contributed by atoms with Crippen LogP contribution < -0.4 is 4.74 Å². The maximum absolute atomic E-state index is 5.62. The summed E-state index contributed by atoms with van der Waals surface area (Å²) in [6.07, 6.45) is 6.48. The number of aryl methyl sites for hydroxylation is 2. The number of hydrogen-bond acceptors (Lipinski definition) is 2. The fourth-order valence-corrected chi connectivity index (χ4v) is 1.70. The van der Waals surface area contributed by atoms with Gasteiger partial charge in [-0.2, -0.15) is 0 Å². The standard InChI is InChI=1S/C15H20O2/c1-5-7-16-8-9-17-14-10-12(3)15(6-2)13(4)11-14/h2,10-11H,5,7-9H2,1,3-4H3. The predicted molar refractivity (Wildman–Crippen MR) is 70.5 cm³/mol. The summed E-state index contributed by atoms with van der Waals surface area (Å²) in [5, 5.41) is 0. The van der Waals surface area contributed by atoms with Crippen molar-refractivity contribution in [2.75, 3.05) is 19.8 Å². The van der Waals surface area contributed by atoms with Crippen LogP contribution in [-0.4, -0.2) is 19.8 Å². The second-order valence-corrected chi connectivity index (χ2v) is 4.04. The first kappa shape index (κ1) is 13.6. The van der Waals surface area contributed by atoms with Crippen LogP contribution in [0.4, 0.5) is 0 Å². The number of benzene rings is 1. The van der Waals surface area contributed by atoms with Crippen molar-refractivity contribution in [2.24, 2.45) is 0 Å². The van der Waals surface area contributed by atoms with E-state index in [9.17, 15) is 0 Å². The first-order valence-corrected chi connectivity index (χ1v) is 5.97. The molecule has 2 nitrogen and oxygen atoms in total. The molecule has 0 saturated carbocycles. The molecular weight excluding hydrogens is 212 g/mol. The van der Waals surface area contributed by atoms with E-state index in [1.54, 1.807) is 0 Å². The number of terminal acetylenes is 1. The van der Waals surface area contributed by atoms with E-state index in [-0.39, 0.29) is 0 Å². The van der Waals surface area contributed by atoms with Crippen molar-refractivity contribution in [1.82, 2.24) is 0 Å². The zero-order chi connectivity index (χ0) is 12.7. The monoisotopic (exact) mass is 232 g/mol. The van der Waals surface area contributed by atoms with Crippen LogP contribution >= 0.6 is 0 Å². The van der Waals surface area contributed by atoms with Crippen molar-refractivity contribution in [3.8, 4) is 18.1 Å². The second kappa shape index (κ2) is 6.98. The first-order chi connectivity index (χ1) is 8.19. The maximum Gasteiger partial charge on any atom is 0.120 e. The highest BCUT2D eigenvalue weighted by Crippen LogP contribution is 2.20. The van der Waals surface area contributed by atoms with Crippen molar-refractivity contribution in [2.45, 2.75) is 27.2 Å². The molecule has 1 aromatic rings. The molecule has 1 rings (SSSR count). The average molecular weight is 232 g/mol. The van der Waals surface area contributed by atoms with Gasteiger partial charge >= 0.3 is 0 Å². The van der Waals surface area contributed by atoms with Gasteiger partial charge in [-0.25, -0.2) is 0 Å². The van der Waals surface area contributed by atoms with E-state index in [1.165, 1.54) is 0 Å². The van der Waals surface area contributed by atoms with E-state index in [1.807, 2.05) is 26.0 Å². The van der Waals surface area contributed by atoms with E-state index in [2.05, 4.69) is 12.8 Å². The third-order valence-corrected chi connectivity index (χ3v) is 2.50. The highest BCUT2D eigenvalue weighted by atomic mass is 16.5. The molecule has 0 aliphatic carbocycles. The lowest BCUT2D eigenvalue weighted by molar-refractivity contribution is 0.101. The Labute approximate surface area is 104 Å². The topological polar surface area (TPSA) is 18.5 Å². The van der Waals surface area contributed by atoms with Gasteiger partial charge in [-0.3, -0.25) is 0 Å². The Morgan fingerprint density at radius 3 is 2.29 bits per heavy atom. The van der Waals surface area contributed by atoms with Gasteiger partial charge in [-0.05, 0) is 43.5 Å². The van der Waals surface area contributed by atoms with Gasteiger partial charge in [0.05, 0.1) is 6.61 Å². The molecule has 0 spiro atoms. The van der Waals surface area contributed by atoms with E-state index in [0.717, 1.165) is 35.5 Å². The molecule has 2 heteroatoms. The highest BCUT2D eigenvalue weighted by molar-refractivity contribution is 5.49. The van der Waals surface area contributed by atoms with Crippen molar-refractivity contribution >= 4 is 0 Å². The van der Waals surface area contributed by atoms with Gasteiger partial charge in [-0.1, -0.05) is 12.8 Å². The molecule has 0 saturated heterocycles. The number of rotatable bonds is 6. The van der Waals surface area contributed by atoms with Crippen molar-refractivity contribution in [3.63, 3.8) is 0 Å². The summed E-state index contributed by atoms with van der Waals surface area (Å²) in [4.78, 5) is 0. The molecule has 0 heterocycles. The predicted octanol–water partition coefficient (Wildman–Crippen LogP) is 3.09. The van der Waals surface area contributed by atoms with Crippen LogP contribution in [0.2, 0.25) is 0 Å². The summed E-state index contributed by atoms with van der Waals surface area (Å²) >= 11 is 0. The average Bonchev–Trinajstić information content (AvgIpc) is 2.28. The van der Waals surface area contributed by atoms with Crippen molar-refractivity contribution in [3.05, 3.63) is 28.8 Å². The highest BCUT2D eigenvalue weighted by Gasteiger charge is 2.03. The van der Waals surface area contributed by atoms with Gasteiger partial charge in [0.1, 0.15) is 12.4 Å². The van der Waals surface area contributed by atoms with Crippen LogP contribution in [0, 0.1) is 26.2 Å². The number of ether oxygens (including phenoxy) is 2. The first-order valence-electron chi connectivity index (χ1n) is 5.97. The summed E-state index contributed by atoms with van der Waals surface area (Å²) < 4.78 is 11.0. The maximum atomic E-state index is 5.62. The van der Waals surface area contributed by atoms with Gasteiger partial charge in [-0.15, -0.1) is 6.42 Å². The molecule has 0 N–H and O–H groups in total. The Morgan fingerprint density at radius 1 is 1.12 bits per heavy atom. The van der Waals surface area contributed by atoms with E-state index in [4.69, 9.17) is 15.9 Å². The van der Waals surface area contributed by atoms with Gasteiger partial charge in [0.25, 0.3) is 0 Å².